The maximum Gasteiger partial charge on any atom is 0.119 e. The second-order valence-electron chi connectivity index (χ2n) is 5.18. The van der Waals surface area contributed by atoms with E-state index < -0.39 is 0 Å². The molecule has 20 heavy (non-hydrogen) atoms. The second kappa shape index (κ2) is 9.44. The van der Waals surface area contributed by atoms with Crippen molar-refractivity contribution in [2.75, 3.05) is 26.7 Å². The van der Waals surface area contributed by atoms with E-state index in [4.69, 9.17) is 4.74 Å². The molecule has 0 saturated carbocycles. The summed E-state index contributed by atoms with van der Waals surface area (Å²) < 4.78 is 5.25. The van der Waals surface area contributed by atoms with Crippen LogP contribution in [0.4, 0.5) is 0 Å². The van der Waals surface area contributed by atoms with Crippen LogP contribution < -0.4 is 4.74 Å². The van der Waals surface area contributed by atoms with Crippen molar-refractivity contribution in [2.45, 2.75) is 33.6 Å². The molecule has 0 heterocycles. The molecule has 0 fully saturated rings. The maximum absolute atomic E-state index is 5.25. The van der Waals surface area contributed by atoms with Gasteiger partial charge in [0.1, 0.15) is 5.75 Å². The third kappa shape index (κ3) is 6.12. The Balaban J connectivity index is 2.39. The van der Waals surface area contributed by atoms with Crippen LogP contribution in [0.1, 0.15) is 32.8 Å². The van der Waals surface area contributed by atoms with Gasteiger partial charge in [-0.3, -0.25) is 4.90 Å². The van der Waals surface area contributed by atoms with Gasteiger partial charge in [0.05, 0.1) is 13.7 Å². The fourth-order valence-corrected chi connectivity index (χ4v) is 2.14. The lowest BCUT2D eigenvalue weighted by Gasteiger charge is -2.13. The van der Waals surface area contributed by atoms with E-state index in [0.717, 1.165) is 38.2 Å². The third-order valence-corrected chi connectivity index (χ3v) is 3.49. The Labute approximate surface area is 124 Å². The minimum Gasteiger partial charge on any atom is -0.497 e. The number of hydrogen-bond donors (Lipinski definition) is 0. The van der Waals surface area contributed by atoms with E-state index in [0.29, 0.717) is 5.92 Å². The van der Waals surface area contributed by atoms with E-state index >= 15 is 0 Å². The number of rotatable bonds is 7. The quantitative estimate of drug-likeness (QED) is 0.704. The minimum absolute atomic E-state index is 0.575. The number of nitrogens with zero attached hydrogens (tertiary/aromatic N) is 1. The van der Waals surface area contributed by atoms with Crippen LogP contribution in [0.15, 0.2) is 24.3 Å². The minimum atomic E-state index is 0.575. The number of hydrogen-bond acceptors (Lipinski definition) is 2. The molecule has 2 nitrogen and oxygen atoms in total. The molecule has 2 heteroatoms. The average molecular weight is 273 g/mol. The Hall–Kier alpha value is -1.46. The Morgan fingerprint density at radius 2 is 1.95 bits per heavy atom. The van der Waals surface area contributed by atoms with E-state index in [1.807, 2.05) is 12.1 Å². The fourth-order valence-electron chi connectivity index (χ4n) is 2.14. The summed E-state index contributed by atoms with van der Waals surface area (Å²) in [5.74, 6) is 8.10. The number of benzene rings is 1. The van der Waals surface area contributed by atoms with Crippen LogP contribution in [0.25, 0.3) is 0 Å². The van der Waals surface area contributed by atoms with Gasteiger partial charge in [0.2, 0.25) is 0 Å². The highest BCUT2D eigenvalue weighted by Gasteiger charge is 2.03. The molecular weight excluding hydrogens is 246 g/mol. The standard InChI is InChI=1S/C18H27NO/c1-5-19(6-2)13-8-7-10-16(3)14-17-11-9-12-18(15-17)20-4/h9,11-12,15-16H,5-6,10,13-14H2,1-4H3. The largest absolute Gasteiger partial charge is 0.497 e. The zero-order valence-corrected chi connectivity index (χ0v) is 13.3. The summed E-state index contributed by atoms with van der Waals surface area (Å²) in [6.07, 6.45) is 2.01. The molecule has 0 aliphatic carbocycles. The van der Waals surface area contributed by atoms with Crippen molar-refractivity contribution in [3.63, 3.8) is 0 Å². The molecule has 0 aromatic heterocycles. The molecule has 0 aliphatic heterocycles. The number of methoxy groups -OCH3 is 1. The van der Waals surface area contributed by atoms with Gasteiger partial charge in [0, 0.05) is 6.42 Å². The van der Waals surface area contributed by atoms with E-state index in [1.165, 1.54) is 5.56 Å². The molecule has 0 spiro atoms. The Bertz CT molecular complexity index is 440. The first kappa shape index (κ1) is 16.6. The molecular formula is C18H27NO. The smallest absolute Gasteiger partial charge is 0.119 e. The van der Waals surface area contributed by atoms with Gasteiger partial charge in [-0.2, -0.15) is 0 Å². The summed E-state index contributed by atoms with van der Waals surface area (Å²) in [7, 11) is 1.71. The predicted octanol–water partition coefficient (Wildman–Crippen LogP) is 3.61. The van der Waals surface area contributed by atoms with Crippen molar-refractivity contribution in [2.24, 2.45) is 5.92 Å². The Morgan fingerprint density at radius 3 is 2.60 bits per heavy atom. The van der Waals surface area contributed by atoms with Crippen LogP contribution in [0.2, 0.25) is 0 Å². The Kier molecular flexibility index (Phi) is 7.84. The lowest BCUT2D eigenvalue weighted by atomic mass is 9.98. The summed E-state index contributed by atoms with van der Waals surface area (Å²) >= 11 is 0. The lowest BCUT2D eigenvalue weighted by molar-refractivity contribution is 0.342. The molecule has 0 aliphatic rings. The van der Waals surface area contributed by atoms with E-state index in [2.05, 4.69) is 49.6 Å². The van der Waals surface area contributed by atoms with Crippen LogP contribution in [-0.2, 0) is 6.42 Å². The van der Waals surface area contributed by atoms with Crippen molar-refractivity contribution >= 4 is 0 Å². The second-order valence-corrected chi connectivity index (χ2v) is 5.18. The zero-order valence-electron chi connectivity index (χ0n) is 13.3. The fraction of sp³-hybridized carbons (Fsp3) is 0.556. The van der Waals surface area contributed by atoms with Crippen LogP contribution in [0, 0.1) is 17.8 Å². The molecule has 1 aromatic rings. The molecule has 1 aromatic carbocycles. The molecule has 0 amide bonds. The lowest BCUT2D eigenvalue weighted by Crippen LogP contribution is -2.22. The van der Waals surface area contributed by atoms with Gasteiger partial charge in [0.25, 0.3) is 0 Å². The maximum atomic E-state index is 5.25. The van der Waals surface area contributed by atoms with Gasteiger partial charge in [-0.25, -0.2) is 0 Å². The van der Waals surface area contributed by atoms with E-state index in [-0.39, 0.29) is 0 Å². The summed E-state index contributed by atoms with van der Waals surface area (Å²) in [6.45, 7) is 9.65. The van der Waals surface area contributed by atoms with Gasteiger partial charge in [-0.05, 0) is 43.1 Å². The van der Waals surface area contributed by atoms with Crippen LogP contribution in [0.3, 0.4) is 0 Å². The highest BCUT2D eigenvalue weighted by atomic mass is 16.5. The molecule has 1 unspecified atom stereocenters. The SMILES string of the molecule is CCN(CC)CC#CCC(C)Cc1cccc(OC)c1. The first-order valence-corrected chi connectivity index (χ1v) is 7.50. The molecule has 110 valence electrons. The molecule has 1 rings (SSSR count). The molecule has 1 atom stereocenters. The first-order valence-electron chi connectivity index (χ1n) is 7.50. The van der Waals surface area contributed by atoms with Crippen molar-refractivity contribution in [3.05, 3.63) is 29.8 Å². The summed E-state index contributed by atoms with van der Waals surface area (Å²) in [4.78, 5) is 2.33. The predicted molar refractivity (Wildman–Crippen MR) is 86.0 cm³/mol. The summed E-state index contributed by atoms with van der Waals surface area (Å²) in [6, 6.07) is 8.30. The average Bonchev–Trinajstić information content (AvgIpc) is 2.47. The Morgan fingerprint density at radius 1 is 1.20 bits per heavy atom. The molecule has 0 N–H and O–H groups in total. The zero-order chi connectivity index (χ0) is 14.8. The van der Waals surface area contributed by atoms with Crippen LogP contribution in [0.5, 0.6) is 5.75 Å². The van der Waals surface area contributed by atoms with Gasteiger partial charge >= 0.3 is 0 Å². The topological polar surface area (TPSA) is 12.5 Å². The van der Waals surface area contributed by atoms with E-state index in [1.54, 1.807) is 7.11 Å². The third-order valence-electron chi connectivity index (χ3n) is 3.49. The van der Waals surface area contributed by atoms with Crippen LogP contribution >= 0.6 is 0 Å². The normalized spacial score (nSPS) is 11.8. The van der Waals surface area contributed by atoms with Gasteiger partial charge < -0.3 is 4.74 Å². The number of ether oxygens (including phenoxy) is 1. The molecule has 0 saturated heterocycles. The first-order chi connectivity index (χ1) is 9.69. The van der Waals surface area contributed by atoms with E-state index in [9.17, 15) is 0 Å². The summed E-state index contributed by atoms with van der Waals surface area (Å²) in [5.41, 5.74) is 1.32. The van der Waals surface area contributed by atoms with Gasteiger partial charge in [0.15, 0.2) is 0 Å². The monoisotopic (exact) mass is 273 g/mol. The van der Waals surface area contributed by atoms with Crippen molar-refractivity contribution < 1.29 is 4.74 Å². The molecule has 0 bridgehead atoms. The highest BCUT2D eigenvalue weighted by Crippen LogP contribution is 2.17. The summed E-state index contributed by atoms with van der Waals surface area (Å²) in [5, 5.41) is 0. The van der Waals surface area contributed by atoms with Gasteiger partial charge in [-0.15, -0.1) is 5.92 Å². The van der Waals surface area contributed by atoms with Crippen molar-refractivity contribution in [3.8, 4) is 17.6 Å². The van der Waals surface area contributed by atoms with Crippen molar-refractivity contribution in [1.82, 2.24) is 4.90 Å². The van der Waals surface area contributed by atoms with Crippen LogP contribution in [-0.4, -0.2) is 31.6 Å². The van der Waals surface area contributed by atoms with Crippen molar-refractivity contribution in [1.29, 1.82) is 0 Å². The highest BCUT2D eigenvalue weighted by molar-refractivity contribution is 5.28. The molecule has 0 radical (unpaired) electrons. The van der Waals surface area contributed by atoms with Gasteiger partial charge in [-0.1, -0.05) is 38.8 Å².